The smallest absolute Gasteiger partial charge is 0.0613 e. The van der Waals surface area contributed by atoms with E-state index >= 15 is 0 Å². The van der Waals surface area contributed by atoms with Gasteiger partial charge in [-0.1, -0.05) is 39.8 Å². The fourth-order valence-electron chi connectivity index (χ4n) is 1.23. The van der Waals surface area contributed by atoms with E-state index in [1.165, 1.54) is 0 Å². The lowest BCUT2D eigenvalue weighted by atomic mass is 10.1. The first-order valence-corrected chi connectivity index (χ1v) is 6.19. The van der Waals surface area contributed by atoms with Gasteiger partial charge in [-0.3, -0.25) is 0 Å². The summed E-state index contributed by atoms with van der Waals surface area (Å²) in [5.74, 6) is 0. The maximum atomic E-state index is 5.88. The maximum Gasteiger partial charge on any atom is 0.0613 e. The summed E-state index contributed by atoms with van der Waals surface area (Å²) in [6, 6.07) is 5.80. The Bertz CT molecular complexity index is 349. The van der Waals surface area contributed by atoms with Crippen LogP contribution in [0.2, 0.25) is 0 Å². The van der Waals surface area contributed by atoms with E-state index < -0.39 is 0 Å². The van der Waals surface area contributed by atoms with Crippen LogP contribution >= 0.6 is 21.6 Å². The standard InChI is InChI=1S/C9H10N2S2/c10-7-3-1-2-6(9(7)11)8-4-5-12-13-8/h1-5,8H,10-11H2. The zero-order valence-corrected chi connectivity index (χ0v) is 8.57. The van der Waals surface area contributed by atoms with Gasteiger partial charge in [0.05, 0.1) is 16.6 Å². The number of nitrogen functional groups attached to an aromatic ring is 2. The Morgan fingerprint density at radius 3 is 2.77 bits per heavy atom. The second-order valence-corrected chi connectivity index (χ2v) is 5.11. The number of benzene rings is 1. The van der Waals surface area contributed by atoms with Gasteiger partial charge in [0.1, 0.15) is 0 Å². The fourth-order valence-corrected chi connectivity index (χ4v) is 3.44. The minimum Gasteiger partial charge on any atom is -0.397 e. The lowest BCUT2D eigenvalue weighted by Gasteiger charge is -2.11. The first-order valence-electron chi connectivity index (χ1n) is 3.91. The third-order valence-corrected chi connectivity index (χ3v) is 4.23. The number of hydrogen-bond acceptors (Lipinski definition) is 4. The van der Waals surface area contributed by atoms with Gasteiger partial charge in [0.15, 0.2) is 0 Å². The molecule has 2 rings (SSSR count). The lowest BCUT2D eigenvalue weighted by Crippen LogP contribution is -2.00. The SMILES string of the molecule is Nc1cccc(C2C=CSS2)c1N. The zero-order valence-electron chi connectivity index (χ0n) is 6.94. The van der Waals surface area contributed by atoms with Crippen LogP contribution in [-0.2, 0) is 0 Å². The van der Waals surface area contributed by atoms with Crippen LogP contribution in [0.15, 0.2) is 29.7 Å². The summed E-state index contributed by atoms with van der Waals surface area (Å²) in [6.45, 7) is 0. The summed E-state index contributed by atoms with van der Waals surface area (Å²) in [7, 11) is 3.52. The highest BCUT2D eigenvalue weighted by molar-refractivity contribution is 8.78. The van der Waals surface area contributed by atoms with Crippen molar-refractivity contribution >= 4 is 33.0 Å². The molecule has 1 aliphatic heterocycles. The van der Waals surface area contributed by atoms with E-state index in [0.29, 0.717) is 16.6 Å². The van der Waals surface area contributed by atoms with Crippen molar-refractivity contribution in [3.8, 4) is 0 Å². The van der Waals surface area contributed by atoms with Crippen molar-refractivity contribution in [2.24, 2.45) is 0 Å². The average Bonchev–Trinajstić information content (AvgIpc) is 2.62. The summed E-state index contributed by atoms with van der Waals surface area (Å²) >= 11 is 0. The molecule has 1 atom stereocenters. The largest absolute Gasteiger partial charge is 0.397 e. The molecule has 1 aromatic rings. The molecule has 0 saturated heterocycles. The van der Waals surface area contributed by atoms with Gasteiger partial charge in [-0.2, -0.15) is 0 Å². The van der Waals surface area contributed by atoms with Crippen molar-refractivity contribution in [1.29, 1.82) is 0 Å². The van der Waals surface area contributed by atoms with Crippen LogP contribution in [0.4, 0.5) is 11.4 Å². The van der Waals surface area contributed by atoms with Gasteiger partial charge in [0, 0.05) is 0 Å². The Labute approximate surface area is 85.2 Å². The Kier molecular flexibility index (Phi) is 2.42. The number of nitrogens with two attached hydrogens (primary N) is 2. The van der Waals surface area contributed by atoms with Gasteiger partial charge in [-0.15, -0.1) is 0 Å². The predicted molar refractivity (Wildman–Crippen MR) is 62.3 cm³/mol. The molecular weight excluding hydrogens is 200 g/mol. The van der Waals surface area contributed by atoms with E-state index in [9.17, 15) is 0 Å². The highest BCUT2D eigenvalue weighted by atomic mass is 33.1. The van der Waals surface area contributed by atoms with Crippen LogP contribution < -0.4 is 11.5 Å². The van der Waals surface area contributed by atoms with Crippen LogP contribution in [0, 0.1) is 0 Å². The molecule has 0 amide bonds. The van der Waals surface area contributed by atoms with Crippen LogP contribution in [0.5, 0.6) is 0 Å². The molecule has 1 unspecified atom stereocenters. The molecule has 0 spiro atoms. The van der Waals surface area contributed by atoms with Gasteiger partial charge in [-0.05, 0) is 17.0 Å². The maximum absolute atomic E-state index is 5.88. The van der Waals surface area contributed by atoms with Crippen molar-refractivity contribution in [2.75, 3.05) is 11.5 Å². The molecule has 2 nitrogen and oxygen atoms in total. The van der Waals surface area contributed by atoms with Crippen LogP contribution in [0.25, 0.3) is 0 Å². The molecule has 1 aromatic carbocycles. The number of anilines is 2. The summed E-state index contributed by atoms with van der Waals surface area (Å²) in [5.41, 5.74) is 14.1. The van der Waals surface area contributed by atoms with Crippen LogP contribution in [0.1, 0.15) is 10.8 Å². The summed E-state index contributed by atoms with van der Waals surface area (Å²) in [4.78, 5) is 0. The van der Waals surface area contributed by atoms with E-state index in [0.717, 1.165) is 5.56 Å². The molecule has 0 bridgehead atoms. The van der Waals surface area contributed by atoms with Gasteiger partial charge in [0.25, 0.3) is 0 Å². The Morgan fingerprint density at radius 1 is 1.23 bits per heavy atom. The van der Waals surface area contributed by atoms with Crippen molar-refractivity contribution in [3.05, 3.63) is 35.2 Å². The third-order valence-electron chi connectivity index (χ3n) is 1.95. The molecule has 4 N–H and O–H groups in total. The Hall–Kier alpha value is -0.740. The van der Waals surface area contributed by atoms with E-state index in [4.69, 9.17) is 11.5 Å². The lowest BCUT2D eigenvalue weighted by molar-refractivity contribution is 1.25. The molecule has 0 fully saturated rings. The molecule has 4 heteroatoms. The number of rotatable bonds is 1. The minimum atomic E-state index is 0.355. The minimum absolute atomic E-state index is 0.355. The number of para-hydroxylation sites is 1. The molecule has 0 aromatic heterocycles. The average molecular weight is 210 g/mol. The molecule has 1 aliphatic rings. The predicted octanol–water partition coefficient (Wildman–Crippen LogP) is 2.80. The monoisotopic (exact) mass is 210 g/mol. The van der Waals surface area contributed by atoms with Crippen LogP contribution in [-0.4, -0.2) is 0 Å². The molecule has 68 valence electrons. The van der Waals surface area contributed by atoms with Gasteiger partial charge >= 0.3 is 0 Å². The first-order chi connectivity index (χ1) is 6.29. The van der Waals surface area contributed by atoms with Crippen LogP contribution in [0.3, 0.4) is 0 Å². The highest BCUT2D eigenvalue weighted by Crippen LogP contribution is 2.47. The Morgan fingerprint density at radius 2 is 2.08 bits per heavy atom. The third kappa shape index (κ3) is 1.64. The topological polar surface area (TPSA) is 52.0 Å². The van der Waals surface area contributed by atoms with Crippen molar-refractivity contribution < 1.29 is 0 Å². The van der Waals surface area contributed by atoms with Gasteiger partial charge < -0.3 is 11.5 Å². The van der Waals surface area contributed by atoms with Crippen molar-refractivity contribution in [3.63, 3.8) is 0 Å². The van der Waals surface area contributed by atoms with Gasteiger partial charge in [0.2, 0.25) is 0 Å². The van der Waals surface area contributed by atoms with Crippen molar-refractivity contribution in [1.82, 2.24) is 0 Å². The summed E-state index contributed by atoms with van der Waals surface area (Å²) in [5, 5.41) is 2.44. The second kappa shape index (κ2) is 3.55. The Balaban J connectivity index is 2.39. The molecule has 1 heterocycles. The molecule has 0 aliphatic carbocycles. The van der Waals surface area contributed by atoms with Crippen molar-refractivity contribution in [2.45, 2.75) is 5.25 Å². The first kappa shape index (κ1) is 8.84. The quantitative estimate of drug-likeness (QED) is 0.553. The van der Waals surface area contributed by atoms with E-state index in [1.54, 1.807) is 21.6 Å². The molecule has 0 radical (unpaired) electrons. The highest BCUT2D eigenvalue weighted by Gasteiger charge is 2.16. The molecule has 13 heavy (non-hydrogen) atoms. The summed E-state index contributed by atoms with van der Waals surface area (Å²) < 4.78 is 0. The second-order valence-electron chi connectivity index (χ2n) is 2.79. The number of hydrogen-bond donors (Lipinski definition) is 2. The molecular formula is C9H10N2S2. The fraction of sp³-hybridized carbons (Fsp3) is 0.111. The molecule has 0 saturated carbocycles. The zero-order chi connectivity index (χ0) is 9.26. The van der Waals surface area contributed by atoms with E-state index in [2.05, 4.69) is 11.5 Å². The van der Waals surface area contributed by atoms with E-state index in [-0.39, 0.29) is 0 Å². The van der Waals surface area contributed by atoms with Gasteiger partial charge in [-0.25, -0.2) is 0 Å². The van der Waals surface area contributed by atoms with E-state index in [1.807, 2.05) is 18.2 Å². The summed E-state index contributed by atoms with van der Waals surface area (Å²) in [6.07, 6.45) is 2.14. The normalized spacial score (nSPS) is 20.8.